The van der Waals surface area contributed by atoms with Gasteiger partial charge in [-0.2, -0.15) is 0 Å². The Labute approximate surface area is 175 Å². The van der Waals surface area contributed by atoms with E-state index >= 15 is 0 Å². The Morgan fingerprint density at radius 3 is 2.63 bits per heavy atom. The molecule has 2 aromatic heterocycles. The highest BCUT2D eigenvalue weighted by atomic mass is 35.5. The number of hydrogen-bond donors (Lipinski definition) is 3. The van der Waals surface area contributed by atoms with Crippen LogP contribution in [0.3, 0.4) is 0 Å². The zero-order chi connectivity index (χ0) is 21.4. The number of halogens is 1. The standard InChI is InChI=1S/C21H16ClN3O5/c1-10-23-16-6-11(2-5-18(16)30-10)7-17(21(28)29)25-19-14(20(26)27)9-12-8-13(22)3-4-15(12)24-19/h2-6,8-9,17H,7H2,1H3,(H,24,25)(H,26,27)(H,28,29). The number of fused-ring (bicyclic) bond motifs is 2. The second-order valence-corrected chi connectivity index (χ2v) is 7.24. The molecule has 0 spiro atoms. The molecule has 0 bridgehead atoms. The Bertz CT molecular complexity index is 1300. The summed E-state index contributed by atoms with van der Waals surface area (Å²) in [7, 11) is 0. The summed E-state index contributed by atoms with van der Waals surface area (Å²) in [5, 5.41) is 23.0. The SMILES string of the molecule is Cc1nc2cc(CC(Nc3nc4ccc(Cl)cc4cc3C(=O)O)C(=O)O)ccc2o1. The van der Waals surface area contributed by atoms with E-state index in [9.17, 15) is 19.8 Å². The number of hydrogen-bond acceptors (Lipinski definition) is 6. The van der Waals surface area contributed by atoms with Gasteiger partial charge >= 0.3 is 11.9 Å². The molecule has 0 aliphatic rings. The molecule has 2 heterocycles. The Morgan fingerprint density at radius 2 is 1.90 bits per heavy atom. The molecule has 0 aliphatic carbocycles. The Kier molecular flexibility index (Phi) is 5.01. The number of anilines is 1. The number of carboxylic acids is 2. The maximum absolute atomic E-state index is 11.9. The molecule has 0 saturated carbocycles. The molecule has 0 fully saturated rings. The lowest BCUT2D eigenvalue weighted by Gasteiger charge is -2.17. The molecule has 0 amide bonds. The van der Waals surface area contributed by atoms with Crippen LogP contribution in [0.1, 0.15) is 21.8 Å². The molecule has 4 rings (SSSR count). The number of pyridine rings is 1. The Morgan fingerprint density at radius 1 is 1.10 bits per heavy atom. The first kappa shape index (κ1) is 19.7. The van der Waals surface area contributed by atoms with E-state index in [0.717, 1.165) is 0 Å². The van der Waals surface area contributed by atoms with Gasteiger partial charge in [0, 0.05) is 23.8 Å². The average molecular weight is 426 g/mol. The van der Waals surface area contributed by atoms with Crippen molar-refractivity contribution in [3.05, 3.63) is 64.5 Å². The summed E-state index contributed by atoms with van der Waals surface area (Å²) in [4.78, 5) is 32.2. The van der Waals surface area contributed by atoms with Crippen molar-refractivity contribution < 1.29 is 24.2 Å². The number of aryl methyl sites for hydroxylation is 1. The van der Waals surface area contributed by atoms with Crippen molar-refractivity contribution in [2.24, 2.45) is 0 Å². The highest BCUT2D eigenvalue weighted by molar-refractivity contribution is 6.31. The zero-order valence-electron chi connectivity index (χ0n) is 15.7. The normalized spacial score (nSPS) is 12.2. The summed E-state index contributed by atoms with van der Waals surface area (Å²) in [5.41, 5.74) is 2.30. The Balaban J connectivity index is 1.68. The van der Waals surface area contributed by atoms with Crippen molar-refractivity contribution in [2.45, 2.75) is 19.4 Å². The first-order chi connectivity index (χ1) is 14.3. The molecule has 152 valence electrons. The number of aromatic nitrogens is 2. The third-order valence-electron chi connectivity index (χ3n) is 4.61. The van der Waals surface area contributed by atoms with E-state index in [2.05, 4.69) is 15.3 Å². The van der Waals surface area contributed by atoms with Crippen LogP contribution in [0, 0.1) is 6.92 Å². The molecule has 3 N–H and O–H groups in total. The highest BCUT2D eigenvalue weighted by Gasteiger charge is 2.23. The Hall–Kier alpha value is -3.65. The quantitative estimate of drug-likeness (QED) is 0.420. The monoisotopic (exact) mass is 425 g/mol. The van der Waals surface area contributed by atoms with Gasteiger partial charge in [-0.05, 0) is 42.0 Å². The summed E-state index contributed by atoms with van der Waals surface area (Å²) >= 11 is 5.97. The van der Waals surface area contributed by atoms with Crippen LogP contribution in [0.4, 0.5) is 5.82 Å². The van der Waals surface area contributed by atoms with Crippen LogP contribution in [0.15, 0.2) is 46.9 Å². The van der Waals surface area contributed by atoms with Gasteiger partial charge in [-0.25, -0.2) is 19.6 Å². The van der Waals surface area contributed by atoms with Gasteiger partial charge in [0.15, 0.2) is 11.5 Å². The first-order valence-electron chi connectivity index (χ1n) is 8.99. The van der Waals surface area contributed by atoms with Gasteiger partial charge in [-0.3, -0.25) is 0 Å². The molecule has 2 aromatic carbocycles. The highest BCUT2D eigenvalue weighted by Crippen LogP contribution is 2.25. The van der Waals surface area contributed by atoms with Crippen molar-refractivity contribution in [3.8, 4) is 0 Å². The van der Waals surface area contributed by atoms with Gasteiger partial charge < -0.3 is 19.9 Å². The van der Waals surface area contributed by atoms with Crippen molar-refractivity contribution in [3.63, 3.8) is 0 Å². The topological polar surface area (TPSA) is 126 Å². The molecular weight excluding hydrogens is 410 g/mol. The predicted octanol–water partition coefficient (Wildman–Crippen LogP) is 4.14. The number of aliphatic carboxylic acids is 1. The summed E-state index contributed by atoms with van der Waals surface area (Å²) < 4.78 is 5.43. The van der Waals surface area contributed by atoms with E-state index < -0.39 is 18.0 Å². The van der Waals surface area contributed by atoms with Crippen LogP contribution in [0.5, 0.6) is 0 Å². The molecule has 4 aromatic rings. The fourth-order valence-corrected chi connectivity index (χ4v) is 3.42. The van der Waals surface area contributed by atoms with E-state index in [1.54, 1.807) is 43.3 Å². The number of benzene rings is 2. The van der Waals surface area contributed by atoms with Crippen LogP contribution in [-0.4, -0.2) is 38.2 Å². The van der Waals surface area contributed by atoms with Gasteiger partial charge in [0.25, 0.3) is 0 Å². The lowest BCUT2D eigenvalue weighted by Crippen LogP contribution is -2.32. The summed E-state index contributed by atoms with van der Waals surface area (Å²) in [6, 6.07) is 10.4. The third kappa shape index (κ3) is 3.90. The summed E-state index contributed by atoms with van der Waals surface area (Å²) in [6.07, 6.45) is 0.0938. The minimum Gasteiger partial charge on any atom is -0.480 e. The molecule has 0 radical (unpaired) electrons. The fourth-order valence-electron chi connectivity index (χ4n) is 3.24. The molecule has 0 aliphatic heterocycles. The van der Waals surface area contributed by atoms with Gasteiger partial charge in [-0.1, -0.05) is 17.7 Å². The second-order valence-electron chi connectivity index (χ2n) is 6.80. The van der Waals surface area contributed by atoms with E-state index in [0.29, 0.717) is 38.5 Å². The second kappa shape index (κ2) is 7.64. The lowest BCUT2D eigenvalue weighted by molar-refractivity contribution is -0.137. The van der Waals surface area contributed by atoms with Crippen LogP contribution in [-0.2, 0) is 11.2 Å². The largest absolute Gasteiger partial charge is 0.480 e. The van der Waals surface area contributed by atoms with Crippen molar-refractivity contribution in [1.82, 2.24) is 9.97 Å². The molecule has 30 heavy (non-hydrogen) atoms. The third-order valence-corrected chi connectivity index (χ3v) is 4.85. The molecule has 9 heteroatoms. The number of carboxylic acid groups (broad SMARTS) is 2. The van der Waals surface area contributed by atoms with Crippen molar-refractivity contribution >= 4 is 51.4 Å². The van der Waals surface area contributed by atoms with Crippen molar-refractivity contribution in [1.29, 1.82) is 0 Å². The zero-order valence-corrected chi connectivity index (χ0v) is 16.5. The number of aromatic carboxylic acids is 1. The minimum atomic E-state index is -1.23. The smallest absolute Gasteiger partial charge is 0.339 e. The van der Waals surface area contributed by atoms with Crippen LogP contribution in [0.25, 0.3) is 22.0 Å². The maximum Gasteiger partial charge on any atom is 0.339 e. The van der Waals surface area contributed by atoms with Gasteiger partial charge in [-0.15, -0.1) is 0 Å². The molecule has 8 nitrogen and oxygen atoms in total. The number of nitrogens with one attached hydrogen (secondary N) is 1. The van der Waals surface area contributed by atoms with Gasteiger partial charge in [0.2, 0.25) is 0 Å². The van der Waals surface area contributed by atoms with Crippen LogP contribution < -0.4 is 5.32 Å². The number of nitrogens with zero attached hydrogens (tertiary/aromatic N) is 2. The van der Waals surface area contributed by atoms with Crippen LogP contribution in [0.2, 0.25) is 5.02 Å². The van der Waals surface area contributed by atoms with Gasteiger partial charge in [0.1, 0.15) is 22.9 Å². The van der Waals surface area contributed by atoms with E-state index in [4.69, 9.17) is 16.0 Å². The van der Waals surface area contributed by atoms with Gasteiger partial charge in [0.05, 0.1) is 5.52 Å². The number of carbonyl (C=O) groups is 2. The molecule has 0 saturated heterocycles. The summed E-state index contributed by atoms with van der Waals surface area (Å²) in [6.45, 7) is 1.73. The fraction of sp³-hybridized carbons (Fsp3) is 0.143. The van der Waals surface area contributed by atoms with Crippen molar-refractivity contribution in [2.75, 3.05) is 5.32 Å². The van der Waals surface area contributed by atoms with E-state index in [1.165, 1.54) is 6.07 Å². The number of rotatable bonds is 6. The first-order valence-corrected chi connectivity index (χ1v) is 9.37. The molecule has 1 unspecified atom stereocenters. The number of oxazole rings is 1. The molecular formula is C21H16ClN3O5. The van der Waals surface area contributed by atoms with E-state index in [-0.39, 0.29) is 17.8 Å². The molecule has 1 atom stereocenters. The minimum absolute atomic E-state index is 0.0249. The average Bonchev–Trinajstić information content (AvgIpc) is 3.06. The van der Waals surface area contributed by atoms with Crippen LogP contribution >= 0.6 is 11.6 Å². The predicted molar refractivity (Wildman–Crippen MR) is 111 cm³/mol. The lowest BCUT2D eigenvalue weighted by atomic mass is 10.0. The summed E-state index contributed by atoms with van der Waals surface area (Å²) in [5.74, 6) is -1.87. The maximum atomic E-state index is 11.9. The van der Waals surface area contributed by atoms with E-state index in [1.807, 2.05) is 0 Å².